The monoisotopic (exact) mass is 1040 g/mol. The summed E-state index contributed by atoms with van der Waals surface area (Å²) in [7, 11) is 0. The molecule has 366 valence electrons. The van der Waals surface area contributed by atoms with E-state index in [0.717, 1.165) is 112 Å². The number of ether oxygens (including phenoxy) is 6. The summed E-state index contributed by atoms with van der Waals surface area (Å²) < 4.78 is 41.0. The maximum atomic E-state index is 7.25. The Kier molecular flexibility index (Phi) is 9.60. The maximum absolute atomic E-state index is 7.25. The van der Waals surface area contributed by atoms with Crippen LogP contribution in [0.15, 0.2) is 250 Å². The second-order valence-corrected chi connectivity index (χ2v) is 22.0. The highest BCUT2D eigenvalue weighted by molar-refractivity contribution is 8.01. The number of para-hydroxylation sites is 12. The van der Waals surface area contributed by atoms with E-state index in [9.17, 15) is 0 Å². The van der Waals surface area contributed by atoms with Crippen LogP contribution in [0.4, 0.5) is 34.1 Å². The molecule has 6 aliphatic heterocycles. The minimum Gasteiger partial charge on any atom is -0.454 e. The van der Waals surface area contributed by atoms with Gasteiger partial charge in [-0.1, -0.05) is 150 Å². The number of fused-ring (bicyclic) bond motifs is 12. The number of hydrogen-bond acceptors (Lipinski definition) is 10. The Bertz CT molecular complexity index is 3990. The third kappa shape index (κ3) is 6.73. The highest BCUT2D eigenvalue weighted by Crippen LogP contribution is 2.55. The molecule has 0 amide bonds. The van der Waals surface area contributed by atoms with Gasteiger partial charge in [0.25, 0.3) is 13.4 Å². The van der Waals surface area contributed by atoms with Crippen molar-refractivity contribution in [3.63, 3.8) is 0 Å². The molecule has 6 heterocycles. The van der Waals surface area contributed by atoms with Crippen LogP contribution in [0.25, 0.3) is 0 Å². The molecule has 0 saturated heterocycles. The standard InChI is InChI=1S/C66H38B2N2O6S2/c1-3-17-41(18-4-1)71-55-31-15-21-43-65(55)75-57-33-39(69-47-23-7-11-27-51(47)73-52-28-12-8-24-48(52)69)35-61-63(57)67(43)45-37-46-60(38-59(45)77-61)78-62-36-40(70-49-25-9-13-29-53(49)74-54-30-14-10-26-50(54)70)34-58-64(62)68(46)44-22-16-32-56(66(44)76-58)72-42-19-5-2-6-20-42/h1-38H. The molecule has 78 heavy (non-hydrogen) atoms. The molecule has 0 radical (unpaired) electrons. The molecule has 0 fully saturated rings. The van der Waals surface area contributed by atoms with Crippen molar-refractivity contribution in [3.05, 3.63) is 231 Å². The molecule has 0 atom stereocenters. The quantitative estimate of drug-likeness (QED) is 0.151. The summed E-state index contributed by atoms with van der Waals surface area (Å²) in [6, 6.07) is 79.3. The number of benzene rings is 11. The average molecular weight is 1040 g/mol. The van der Waals surface area contributed by atoms with Gasteiger partial charge in [-0.3, -0.25) is 0 Å². The molecule has 0 aliphatic carbocycles. The van der Waals surface area contributed by atoms with Crippen LogP contribution < -0.4 is 71.0 Å². The van der Waals surface area contributed by atoms with E-state index in [2.05, 4.69) is 119 Å². The Balaban J connectivity index is 0.877. The zero-order valence-corrected chi connectivity index (χ0v) is 42.9. The lowest BCUT2D eigenvalue weighted by atomic mass is 9.32. The van der Waals surface area contributed by atoms with E-state index in [4.69, 9.17) is 28.4 Å². The molecule has 11 aromatic carbocycles. The predicted octanol–water partition coefficient (Wildman–Crippen LogP) is 14.6. The van der Waals surface area contributed by atoms with E-state index in [1.807, 2.05) is 121 Å². The van der Waals surface area contributed by atoms with Crippen molar-refractivity contribution in [2.24, 2.45) is 0 Å². The smallest absolute Gasteiger partial charge is 0.254 e. The molecule has 0 unspecified atom stereocenters. The number of hydrogen-bond donors (Lipinski definition) is 0. The third-order valence-electron chi connectivity index (χ3n) is 15.3. The topological polar surface area (TPSA) is 61.9 Å². The molecule has 12 heteroatoms. The fourth-order valence-electron chi connectivity index (χ4n) is 12.1. The Morgan fingerprint density at radius 3 is 1.10 bits per heavy atom. The van der Waals surface area contributed by atoms with Crippen molar-refractivity contribution in [1.29, 1.82) is 0 Å². The molecular weight excluding hydrogens is 1000 g/mol. The van der Waals surface area contributed by atoms with Gasteiger partial charge in [0.15, 0.2) is 46.0 Å². The van der Waals surface area contributed by atoms with Crippen molar-refractivity contribution in [2.75, 3.05) is 9.80 Å². The van der Waals surface area contributed by atoms with Gasteiger partial charge in [-0.15, -0.1) is 0 Å². The van der Waals surface area contributed by atoms with Crippen LogP contribution in [0.3, 0.4) is 0 Å². The first-order chi connectivity index (χ1) is 38.6. The molecule has 0 bridgehead atoms. The summed E-state index contributed by atoms with van der Waals surface area (Å²) >= 11 is 3.60. The first-order valence-corrected chi connectivity index (χ1v) is 27.6. The maximum Gasteiger partial charge on any atom is 0.254 e. The summed E-state index contributed by atoms with van der Waals surface area (Å²) in [5.74, 6) is 8.85. The largest absolute Gasteiger partial charge is 0.454 e. The van der Waals surface area contributed by atoms with Crippen LogP contribution >= 0.6 is 23.5 Å². The van der Waals surface area contributed by atoms with Gasteiger partial charge in [-0.25, -0.2) is 0 Å². The first kappa shape index (κ1) is 43.8. The Morgan fingerprint density at radius 2 is 0.692 bits per heavy atom. The second kappa shape index (κ2) is 17.1. The van der Waals surface area contributed by atoms with E-state index in [0.29, 0.717) is 23.0 Å². The SMILES string of the molecule is c1ccc(Oc2cccc3c2Oc2cc(N4c5ccccc5Oc5ccccc54)cc4c2B3c2cc3c(cc2S4)Sc2cc(N4c5ccccc5Oc5ccccc54)cc4c2B3c2cccc(Oc3ccccc3)c2O4)cc1. The van der Waals surface area contributed by atoms with Gasteiger partial charge in [0.05, 0.1) is 34.1 Å². The van der Waals surface area contributed by atoms with Crippen LogP contribution in [0, 0.1) is 0 Å². The molecule has 0 aromatic heterocycles. The first-order valence-electron chi connectivity index (χ1n) is 25.9. The fraction of sp³-hybridized carbons (Fsp3) is 0. The van der Waals surface area contributed by atoms with Crippen molar-refractivity contribution in [2.45, 2.75) is 19.6 Å². The lowest BCUT2D eigenvalue weighted by Crippen LogP contribution is -2.62. The molecule has 0 N–H and O–H groups in total. The van der Waals surface area contributed by atoms with Gasteiger partial charge in [0, 0.05) is 31.7 Å². The van der Waals surface area contributed by atoms with Crippen molar-refractivity contribution >= 4 is 104 Å². The van der Waals surface area contributed by atoms with E-state index in [1.54, 1.807) is 23.5 Å². The Labute approximate surface area is 458 Å². The molecule has 0 spiro atoms. The zero-order chi connectivity index (χ0) is 51.0. The Hall–Kier alpha value is -9.35. The summed E-state index contributed by atoms with van der Waals surface area (Å²) in [6.45, 7) is -0.389. The molecular formula is C66H38B2N2O6S2. The van der Waals surface area contributed by atoms with Gasteiger partial charge in [0.2, 0.25) is 0 Å². The minimum atomic E-state index is -0.195. The van der Waals surface area contributed by atoms with Gasteiger partial charge in [0.1, 0.15) is 23.0 Å². The lowest BCUT2D eigenvalue weighted by Gasteiger charge is -2.39. The Morgan fingerprint density at radius 1 is 0.308 bits per heavy atom. The third-order valence-corrected chi connectivity index (χ3v) is 17.6. The van der Waals surface area contributed by atoms with Crippen LogP contribution in [-0.4, -0.2) is 13.4 Å². The summed E-state index contributed by atoms with van der Waals surface area (Å²) in [6.07, 6.45) is 0. The molecule has 6 aliphatic rings. The van der Waals surface area contributed by atoms with E-state index < -0.39 is 0 Å². The van der Waals surface area contributed by atoms with Crippen molar-refractivity contribution in [3.8, 4) is 69.0 Å². The molecule has 11 aromatic rings. The van der Waals surface area contributed by atoms with Crippen LogP contribution in [0.2, 0.25) is 0 Å². The molecule has 17 rings (SSSR count). The highest BCUT2D eigenvalue weighted by Gasteiger charge is 2.46. The number of rotatable bonds is 6. The number of nitrogens with zero attached hydrogens (tertiary/aromatic N) is 2. The van der Waals surface area contributed by atoms with Crippen LogP contribution in [-0.2, 0) is 0 Å². The summed E-state index contributed by atoms with van der Waals surface area (Å²) in [5, 5.41) is 0. The second-order valence-electron chi connectivity index (χ2n) is 19.8. The van der Waals surface area contributed by atoms with Crippen LogP contribution in [0.5, 0.6) is 69.0 Å². The summed E-state index contributed by atoms with van der Waals surface area (Å²) in [4.78, 5) is 9.18. The van der Waals surface area contributed by atoms with Crippen LogP contribution in [0.1, 0.15) is 0 Å². The van der Waals surface area contributed by atoms with Gasteiger partial charge in [-0.2, -0.15) is 0 Å². The highest BCUT2D eigenvalue weighted by atomic mass is 32.2. The number of anilines is 6. The predicted molar refractivity (Wildman–Crippen MR) is 312 cm³/mol. The van der Waals surface area contributed by atoms with E-state index >= 15 is 0 Å². The van der Waals surface area contributed by atoms with E-state index in [1.165, 1.54) is 20.7 Å². The minimum absolute atomic E-state index is 0.195. The van der Waals surface area contributed by atoms with Crippen molar-refractivity contribution in [1.82, 2.24) is 0 Å². The lowest BCUT2D eigenvalue weighted by molar-refractivity contribution is 0.421. The molecule has 8 nitrogen and oxygen atoms in total. The zero-order valence-electron chi connectivity index (χ0n) is 41.3. The van der Waals surface area contributed by atoms with E-state index in [-0.39, 0.29) is 13.4 Å². The van der Waals surface area contributed by atoms with Gasteiger partial charge in [-0.05, 0) is 125 Å². The summed E-state index contributed by atoms with van der Waals surface area (Å²) in [5.41, 5.74) is 12.5. The molecule has 0 saturated carbocycles. The fourth-order valence-corrected chi connectivity index (χ4v) is 14.6. The van der Waals surface area contributed by atoms with Gasteiger partial charge >= 0.3 is 0 Å². The average Bonchev–Trinajstić information content (AvgIpc) is 3.54. The van der Waals surface area contributed by atoms with Gasteiger partial charge < -0.3 is 38.2 Å². The normalized spacial score (nSPS) is 13.8. The van der Waals surface area contributed by atoms with Crippen molar-refractivity contribution < 1.29 is 28.4 Å².